The van der Waals surface area contributed by atoms with Crippen LogP contribution in [0.5, 0.6) is 11.5 Å². The minimum atomic E-state index is 0.254. The van der Waals surface area contributed by atoms with Gasteiger partial charge in [-0.05, 0) is 51.3 Å². The van der Waals surface area contributed by atoms with Crippen LogP contribution in [0, 0.1) is 0 Å². The van der Waals surface area contributed by atoms with E-state index in [1.807, 2.05) is 0 Å². The fourth-order valence-electron chi connectivity index (χ4n) is 3.79. The molecule has 2 unspecified atom stereocenters. The Morgan fingerprint density at radius 2 is 2.27 bits per heavy atom. The van der Waals surface area contributed by atoms with Crippen molar-refractivity contribution in [2.24, 2.45) is 0 Å². The number of aliphatic hydroxyl groups excluding tert-OH is 1. The number of nitrogens with zero attached hydrogens (tertiary/aromatic N) is 1. The molecule has 4 heteroatoms. The topological polar surface area (TPSA) is 41.9 Å². The van der Waals surface area contributed by atoms with Crippen molar-refractivity contribution in [2.75, 3.05) is 20.3 Å². The Kier molecular flexibility index (Phi) is 4.89. The molecule has 0 aliphatic carbocycles. The Morgan fingerprint density at radius 3 is 3.05 bits per heavy atom. The summed E-state index contributed by atoms with van der Waals surface area (Å²) >= 11 is 0. The molecule has 0 saturated carbocycles. The second kappa shape index (κ2) is 6.88. The van der Waals surface area contributed by atoms with E-state index in [0.29, 0.717) is 12.6 Å². The first kappa shape index (κ1) is 15.6. The third-order valence-corrected chi connectivity index (χ3v) is 4.85. The molecule has 0 bridgehead atoms. The summed E-state index contributed by atoms with van der Waals surface area (Å²) in [5.74, 6) is 2.00. The highest BCUT2D eigenvalue weighted by molar-refractivity contribution is 5.49. The Morgan fingerprint density at radius 1 is 1.41 bits per heavy atom. The summed E-state index contributed by atoms with van der Waals surface area (Å²) in [6.07, 6.45) is 5.69. The number of benzene rings is 1. The van der Waals surface area contributed by atoms with Gasteiger partial charge in [0.2, 0.25) is 0 Å². The minimum absolute atomic E-state index is 0.254. The monoisotopic (exact) mass is 305 g/mol. The minimum Gasteiger partial charge on any atom is -0.497 e. The molecule has 122 valence electrons. The first-order valence-electron chi connectivity index (χ1n) is 8.42. The maximum atomic E-state index is 9.07. The van der Waals surface area contributed by atoms with Crippen molar-refractivity contribution < 1.29 is 14.6 Å². The summed E-state index contributed by atoms with van der Waals surface area (Å²) < 4.78 is 11.5. The lowest BCUT2D eigenvalue weighted by molar-refractivity contribution is 0.204. The van der Waals surface area contributed by atoms with Crippen LogP contribution in [0.4, 0.5) is 0 Å². The van der Waals surface area contributed by atoms with Crippen LogP contribution in [0.3, 0.4) is 0 Å². The molecule has 0 radical (unpaired) electrons. The van der Waals surface area contributed by atoms with E-state index in [2.05, 4.69) is 24.0 Å². The SMILES string of the molecule is COc1cc2c(c(CN3CCCC3CCCO)c1)OC(C)C2. The van der Waals surface area contributed by atoms with E-state index in [4.69, 9.17) is 14.6 Å². The van der Waals surface area contributed by atoms with E-state index in [-0.39, 0.29) is 6.10 Å². The van der Waals surface area contributed by atoms with Crippen LogP contribution in [-0.4, -0.2) is 42.4 Å². The van der Waals surface area contributed by atoms with E-state index in [9.17, 15) is 0 Å². The molecule has 1 saturated heterocycles. The van der Waals surface area contributed by atoms with Gasteiger partial charge in [-0.25, -0.2) is 0 Å². The molecule has 2 aliphatic heterocycles. The lowest BCUT2D eigenvalue weighted by Crippen LogP contribution is -2.29. The van der Waals surface area contributed by atoms with Gasteiger partial charge in [0, 0.05) is 36.7 Å². The number of fused-ring (bicyclic) bond motifs is 1. The van der Waals surface area contributed by atoms with Crippen molar-refractivity contribution in [3.05, 3.63) is 23.3 Å². The van der Waals surface area contributed by atoms with Gasteiger partial charge in [-0.2, -0.15) is 0 Å². The van der Waals surface area contributed by atoms with Crippen LogP contribution in [0.1, 0.15) is 43.7 Å². The van der Waals surface area contributed by atoms with Crippen LogP contribution >= 0.6 is 0 Å². The summed E-state index contributed by atoms with van der Waals surface area (Å²) in [6, 6.07) is 4.82. The van der Waals surface area contributed by atoms with E-state index in [0.717, 1.165) is 43.9 Å². The molecule has 1 aromatic rings. The van der Waals surface area contributed by atoms with E-state index < -0.39 is 0 Å². The van der Waals surface area contributed by atoms with Gasteiger partial charge in [-0.15, -0.1) is 0 Å². The highest BCUT2D eigenvalue weighted by Crippen LogP contribution is 2.38. The number of ether oxygens (including phenoxy) is 2. The maximum absolute atomic E-state index is 9.07. The van der Waals surface area contributed by atoms with E-state index in [1.165, 1.54) is 24.0 Å². The highest BCUT2D eigenvalue weighted by Gasteiger charge is 2.28. The van der Waals surface area contributed by atoms with Gasteiger partial charge in [0.15, 0.2) is 0 Å². The first-order chi connectivity index (χ1) is 10.7. The molecule has 0 amide bonds. The molecule has 2 heterocycles. The number of hydrogen-bond donors (Lipinski definition) is 1. The summed E-state index contributed by atoms with van der Waals surface area (Å²) in [6.45, 7) is 4.47. The zero-order chi connectivity index (χ0) is 15.5. The standard InChI is InChI=1S/C18H27NO3/c1-13-9-14-10-17(21-2)11-15(18(14)22-13)12-19-7-3-5-16(19)6-4-8-20/h10-11,13,16,20H,3-9,12H2,1-2H3. The second-order valence-corrected chi connectivity index (χ2v) is 6.54. The molecule has 1 aromatic carbocycles. The maximum Gasteiger partial charge on any atom is 0.127 e. The summed E-state index contributed by atoms with van der Waals surface area (Å²) in [7, 11) is 1.73. The van der Waals surface area contributed by atoms with E-state index in [1.54, 1.807) is 7.11 Å². The summed E-state index contributed by atoms with van der Waals surface area (Å²) in [4.78, 5) is 2.54. The predicted molar refractivity (Wildman–Crippen MR) is 86.5 cm³/mol. The molecule has 2 aliphatic rings. The van der Waals surface area contributed by atoms with Gasteiger partial charge in [0.25, 0.3) is 0 Å². The third-order valence-electron chi connectivity index (χ3n) is 4.85. The van der Waals surface area contributed by atoms with Crippen LogP contribution in [0.2, 0.25) is 0 Å². The lowest BCUT2D eigenvalue weighted by Gasteiger charge is -2.25. The normalized spacial score (nSPS) is 24.3. The molecule has 0 spiro atoms. The Bertz CT molecular complexity index is 517. The van der Waals surface area contributed by atoms with Crippen LogP contribution < -0.4 is 9.47 Å². The van der Waals surface area contributed by atoms with Crippen LogP contribution in [0.15, 0.2) is 12.1 Å². The quantitative estimate of drug-likeness (QED) is 0.877. The van der Waals surface area contributed by atoms with Gasteiger partial charge >= 0.3 is 0 Å². The van der Waals surface area contributed by atoms with Gasteiger partial charge < -0.3 is 14.6 Å². The van der Waals surface area contributed by atoms with Gasteiger partial charge in [0.05, 0.1) is 7.11 Å². The molecular weight excluding hydrogens is 278 g/mol. The van der Waals surface area contributed by atoms with Crippen molar-refractivity contribution in [3.63, 3.8) is 0 Å². The molecule has 2 atom stereocenters. The largest absolute Gasteiger partial charge is 0.497 e. The second-order valence-electron chi connectivity index (χ2n) is 6.54. The fourth-order valence-corrected chi connectivity index (χ4v) is 3.79. The third kappa shape index (κ3) is 3.23. The van der Waals surface area contributed by atoms with Crippen molar-refractivity contribution in [3.8, 4) is 11.5 Å². The fraction of sp³-hybridized carbons (Fsp3) is 0.667. The Hall–Kier alpha value is -1.26. The Labute approximate surface area is 133 Å². The van der Waals surface area contributed by atoms with Crippen molar-refractivity contribution in [1.82, 2.24) is 4.90 Å². The van der Waals surface area contributed by atoms with Crippen LogP contribution in [0.25, 0.3) is 0 Å². The lowest BCUT2D eigenvalue weighted by atomic mass is 10.0. The van der Waals surface area contributed by atoms with E-state index >= 15 is 0 Å². The zero-order valence-corrected chi connectivity index (χ0v) is 13.7. The molecule has 4 nitrogen and oxygen atoms in total. The molecule has 3 rings (SSSR count). The molecule has 1 N–H and O–H groups in total. The van der Waals surface area contributed by atoms with Gasteiger partial charge in [0.1, 0.15) is 17.6 Å². The average Bonchev–Trinajstić information content (AvgIpc) is 3.10. The number of methoxy groups -OCH3 is 1. The molecule has 1 fully saturated rings. The summed E-state index contributed by atoms with van der Waals surface area (Å²) in [5, 5.41) is 9.07. The average molecular weight is 305 g/mol. The predicted octanol–water partition coefficient (Wildman–Crippen LogP) is 2.76. The highest BCUT2D eigenvalue weighted by atomic mass is 16.5. The number of likely N-dealkylation sites (tertiary alicyclic amines) is 1. The van der Waals surface area contributed by atoms with Crippen molar-refractivity contribution in [1.29, 1.82) is 0 Å². The van der Waals surface area contributed by atoms with Crippen molar-refractivity contribution in [2.45, 2.75) is 57.7 Å². The molecule has 22 heavy (non-hydrogen) atoms. The molecular formula is C18H27NO3. The number of aliphatic hydroxyl groups is 1. The smallest absolute Gasteiger partial charge is 0.127 e. The Balaban J connectivity index is 1.78. The van der Waals surface area contributed by atoms with Gasteiger partial charge in [-0.3, -0.25) is 4.90 Å². The van der Waals surface area contributed by atoms with Gasteiger partial charge in [-0.1, -0.05) is 0 Å². The zero-order valence-electron chi connectivity index (χ0n) is 13.7. The van der Waals surface area contributed by atoms with Crippen molar-refractivity contribution >= 4 is 0 Å². The van der Waals surface area contributed by atoms with Crippen LogP contribution in [-0.2, 0) is 13.0 Å². The number of rotatable bonds is 6. The number of hydrogen-bond acceptors (Lipinski definition) is 4. The first-order valence-corrected chi connectivity index (χ1v) is 8.42. The molecule has 0 aromatic heterocycles. The summed E-state index contributed by atoms with van der Waals surface area (Å²) in [5.41, 5.74) is 2.52.